The van der Waals surface area contributed by atoms with Crippen LogP contribution >= 0.6 is 0 Å². The van der Waals surface area contributed by atoms with Crippen LogP contribution in [0, 0.1) is 0 Å². The number of furan rings is 1. The van der Waals surface area contributed by atoms with Gasteiger partial charge in [-0.3, -0.25) is 0 Å². The van der Waals surface area contributed by atoms with Crippen LogP contribution in [-0.2, 0) is 0 Å². The summed E-state index contributed by atoms with van der Waals surface area (Å²) in [6, 6.07) is 56.4. The lowest BCUT2D eigenvalue weighted by molar-refractivity contribution is 0.672. The number of hydrazine groups is 1. The minimum atomic E-state index is 0.405. The second-order valence-electron chi connectivity index (χ2n) is 12.9. The lowest BCUT2D eigenvalue weighted by atomic mass is 9.87. The Balaban J connectivity index is 1.38. The summed E-state index contributed by atoms with van der Waals surface area (Å²) in [6.07, 6.45) is 0. The molecule has 238 valence electrons. The zero-order valence-electron chi connectivity index (χ0n) is 28.3. The molecule has 0 radical (unpaired) electrons. The molecule has 0 N–H and O–H groups in total. The third-order valence-corrected chi connectivity index (χ3v) is 10.1. The fourth-order valence-electron chi connectivity index (χ4n) is 7.91. The minimum absolute atomic E-state index is 0.405. The number of rotatable bonds is 3. The van der Waals surface area contributed by atoms with Crippen molar-refractivity contribution in [3.05, 3.63) is 170 Å². The lowest BCUT2D eigenvalue weighted by Gasteiger charge is -2.43. The summed E-state index contributed by atoms with van der Waals surface area (Å²) in [5, 5.41) is 11.8. The number of aromatic nitrogens is 2. The van der Waals surface area contributed by atoms with Gasteiger partial charge in [0.05, 0.1) is 35.0 Å². The quantitative estimate of drug-likeness (QED) is 0.190. The molecule has 0 bridgehead atoms. The third-order valence-electron chi connectivity index (χ3n) is 10.1. The van der Waals surface area contributed by atoms with Crippen LogP contribution in [0.3, 0.4) is 0 Å². The molecule has 0 atom stereocenters. The van der Waals surface area contributed by atoms with Crippen molar-refractivity contribution in [2.24, 2.45) is 0 Å². The Kier molecular flexibility index (Phi) is 5.68. The first-order chi connectivity index (χ1) is 25.7. The van der Waals surface area contributed by atoms with Crippen molar-refractivity contribution < 1.29 is 5.79 Å². The summed E-state index contributed by atoms with van der Waals surface area (Å²) in [5.74, 6) is 0.489. The number of anilines is 4. The summed E-state index contributed by atoms with van der Waals surface area (Å²) in [5.41, 5.74) is 9.00. The number of hydrogen-bond donors (Lipinski definition) is 0. The first-order valence-electron chi connectivity index (χ1n) is 17.6. The van der Waals surface area contributed by atoms with Gasteiger partial charge in [0, 0.05) is 32.8 Å². The Bertz CT molecular complexity index is 3060. The largest absolute Gasteiger partial charge is 0.455 e. The van der Waals surface area contributed by atoms with E-state index in [2.05, 4.69) is 107 Å². The highest BCUT2D eigenvalue weighted by Crippen LogP contribution is 2.58. The SMILES string of the molecule is [2H]c1ccccc1-c1nc(N2c3c(c4ccccc4c4oc5ccccc5c34)-c3c(ccc4ccccc34)N2c2ccccc2)nc2ccccc12. The maximum absolute atomic E-state index is 8.93. The maximum atomic E-state index is 8.93. The highest BCUT2D eigenvalue weighted by Gasteiger charge is 2.38. The molecule has 8 aromatic carbocycles. The Morgan fingerprint density at radius 1 is 0.510 bits per heavy atom. The summed E-state index contributed by atoms with van der Waals surface area (Å²) in [4.78, 5) is 10.8. The highest BCUT2D eigenvalue weighted by molar-refractivity contribution is 6.30. The Morgan fingerprint density at radius 2 is 1.20 bits per heavy atom. The van der Waals surface area contributed by atoms with Gasteiger partial charge in [-0.05, 0) is 46.5 Å². The average Bonchev–Trinajstić information content (AvgIpc) is 3.60. The Morgan fingerprint density at radius 3 is 2.06 bits per heavy atom. The molecule has 2 aromatic heterocycles. The van der Waals surface area contributed by atoms with Crippen LogP contribution in [0.15, 0.2) is 174 Å². The summed E-state index contributed by atoms with van der Waals surface area (Å²) in [7, 11) is 0. The van der Waals surface area contributed by atoms with Gasteiger partial charge < -0.3 is 4.42 Å². The zero-order chi connectivity index (χ0) is 34.3. The molecule has 3 heterocycles. The molecule has 0 fully saturated rings. The molecular formula is C46H28N4O. The predicted molar refractivity (Wildman–Crippen MR) is 210 cm³/mol. The van der Waals surface area contributed by atoms with E-state index in [4.69, 9.17) is 15.8 Å². The van der Waals surface area contributed by atoms with Crippen molar-refractivity contribution in [2.45, 2.75) is 0 Å². The van der Waals surface area contributed by atoms with Crippen LogP contribution in [0.1, 0.15) is 1.37 Å². The van der Waals surface area contributed by atoms with E-state index in [1.54, 1.807) is 0 Å². The molecule has 51 heavy (non-hydrogen) atoms. The second kappa shape index (κ2) is 10.8. The van der Waals surface area contributed by atoms with Gasteiger partial charge in [0.15, 0.2) is 0 Å². The molecule has 0 amide bonds. The van der Waals surface area contributed by atoms with Crippen molar-refractivity contribution in [1.29, 1.82) is 0 Å². The Labute approximate surface area is 294 Å². The predicted octanol–water partition coefficient (Wildman–Crippen LogP) is 12.4. The average molecular weight is 654 g/mol. The van der Waals surface area contributed by atoms with E-state index in [9.17, 15) is 0 Å². The maximum Gasteiger partial charge on any atom is 0.251 e. The van der Waals surface area contributed by atoms with Gasteiger partial charge in [-0.2, -0.15) is 0 Å². The normalized spacial score (nSPS) is 12.9. The van der Waals surface area contributed by atoms with Crippen LogP contribution in [0.5, 0.6) is 0 Å². The number of benzene rings is 8. The molecule has 1 aliphatic heterocycles. The van der Waals surface area contributed by atoms with Crippen molar-refractivity contribution in [2.75, 3.05) is 10.0 Å². The number of hydrogen-bond acceptors (Lipinski definition) is 5. The number of para-hydroxylation sites is 3. The first-order valence-corrected chi connectivity index (χ1v) is 17.1. The topological polar surface area (TPSA) is 45.4 Å². The van der Waals surface area contributed by atoms with Gasteiger partial charge in [0.1, 0.15) is 11.2 Å². The van der Waals surface area contributed by atoms with Crippen LogP contribution in [0.25, 0.3) is 76.8 Å². The van der Waals surface area contributed by atoms with E-state index in [1.807, 2.05) is 66.7 Å². The Hall–Kier alpha value is -6.98. The summed E-state index contributed by atoms with van der Waals surface area (Å²) in [6.45, 7) is 0. The molecule has 11 rings (SSSR count). The smallest absolute Gasteiger partial charge is 0.251 e. The molecule has 10 aromatic rings. The third kappa shape index (κ3) is 4.03. The van der Waals surface area contributed by atoms with E-state index in [0.717, 1.165) is 88.1 Å². The van der Waals surface area contributed by atoms with E-state index in [0.29, 0.717) is 17.7 Å². The fourth-order valence-corrected chi connectivity index (χ4v) is 7.91. The lowest BCUT2D eigenvalue weighted by Crippen LogP contribution is -2.40. The van der Waals surface area contributed by atoms with E-state index in [-0.39, 0.29) is 0 Å². The molecule has 5 nitrogen and oxygen atoms in total. The van der Waals surface area contributed by atoms with Crippen molar-refractivity contribution in [3.8, 4) is 22.4 Å². The van der Waals surface area contributed by atoms with Gasteiger partial charge in [-0.25, -0.2) is 20.0 Å². The van der Waals surface area contributed by atoms with Gasteiger partial charge in [-0.15, -0.1) is 0 Å². The van der Waals surface area contributed by atoms with E-state index >= 15 is 0 Å². The molecule has 0 spiro atoms. The van der Waals surface area contributed by atoms with Gasteiger partial charge in [0.2, 0.25) is 0 Å². The summed E-state index contributed by atoms with van der Waals surface area (Å²) < 4.78 is 15.7. The van der Waals surface area contributed by atoms with Crippen molar-refractivity contribution in [1.82, 2.24) is 9.97 Å². The highest BCUT2D eigenvalue weighted by atomic mass is 16.3. The molecule has 0 saturated carbocycles. The molecule has 0 unspecified atom stereocenters. The van der Waals surface area contributed by atoms with Gasteiger partial charge >= 0.3 is 0 Å². The molecule has 0 saturated heterocycles. The van der Waals surface area contributed by atoms with Crippen LogP contribution in [0.4, 0.5) is 23.0 Å². The number of nitrogens with zero attached hydrogens (tertiary/aromatic N) is 4. The van der Waals surface area contributed by atoms with Gasteiger partial charge in [0.25, 0.3) is 5.95 Å². The number of fused-ring (bicyclic) bond motifs is 13. The molecule has 1 aliphatic rings. The van der Waals surface area contributed by atoms with E-state index in [1.165, 1.54) is 0 Å². The standard InChI is InChI=1S/C46H28N4O/c1-3-16-30(17-4-1)43-35-23-11-13-25-37(35)47-46(48-43)50-44-41(33-21-9-10-22-34(33)45-42(44)36-24-12-14-26-39(36)51-45)40-32-20-8-7-15-29(32)27-28-38(40)49(50)31-18-5-2-6-19-31/h1-28H/i16D. The fraction of sp³-hybridized carbons (Fsp3) is 0. The monoisotopic (exact) mass is 653 g/mol. The van der Waals surface area contributed by atoms with Crippen molar-refractivity contribution >= 4 is 77.4 Å². The molecular weight excluding hydrogens is 625 g/mol. The summed E-state index contributed by atoms with van der Waals surface area (Å²) >= 11 is 0. The van der Waals surface area contributed by atoms with Gasteiger partial charge in [-0.1, -0.05) is 140 Å². The van der Waals surface area contributed by atoms with E-state index < -0.39 is 0 Å². The van der Waals surface area contributed by atoms with Crippen LogP contribution < -0.4 is 10.0 Å². The van der Waals surface area contributed by atoms with Crippen LogP contribution in [0.2, 0.25) is 0 Å². The zero-order valence-corrected chi connectivity index (χ0v) is 27.3. The minimum Gasteiger partial charge on any atom is -0.455 e. The second-order valence-corrected chi connectivity index (χ2v) is 12.9. The first kappa shape index (κ1) is 26.9. The van der Waals surface area contributed by atoms with Crippen molar-refractivity contribution in [3.63, 3.8) is 0 Å². The van der Waals surface area contributed by atoms with Crippen LogP contribution in [-0.4, -0.2) is 9.97 Å². The molecule has 5 heteroatoms. The molecule has 0 aliphatic carbocycles.